The summed E-state index contributed by atoms with van der Waals surface area (Å²) in [7, 11) is -2.17. The van der Waals surface area contributed by atoms with Gasteiger partial charge in [-0.25, -0.2) is 0 Å². The summed E-state index contributed by atoms with van der Waals surface area (Å²) in [6, 6.07) is 0. The molecule has 0 saturated carbocycles. The van der Waals surface area contributed by atoms with Gasteiger partial charge in [-0.05, 0) is 0 Å². The Balaban J connectivity index is 0. The Morgan fingerprint density at radius 1 is 1.00 bits per heavy atom. The summed E-state index contributed by atoms with van der Waals surface area (Å²) in [5.41, 5.74) is 0. The van der Waals surface area contributed by atoms with Crippen LogP contribution in [0.3, 0.4) is 0 Å². The molecule has 3 N–H and O–H groups in total. The minimum atomic E-state index is -2.17. The van der Waals surface area contributed by atoms with E-state index in [9.17, 15) is 0 Å². The Morgan fingerprint density at radius 3 is 1.00 bits per heavy atom. The van der Waals surface area contributed by atoms with E-state index in [2.05, 4.69) is 0 Å². The van der Waals surface area contributed by atoms with Crippen molar-refractivity contribution in [1.29, 1.82) is 0 Å². The normalized spacial score (nSPS) is 5.40. The molecular weight excluding hydrogens is 209 g/mol. The van der Waals surface area contributed by atoms with Crippen LogP contribution in [0.5, 0.6) is 0 Å². The molecule has 0 aromatic carbocycles. The maximum atomic E-state index is 7.17. The van der Waals surface area contributed by atoms with Crippen LogP contribution < -0.4 is 0 Å². The van der Waals surface area contributed by atoms with Gasteiger partial charge in [-0.15, -0.1) is 0 Å². The van der Waals surface area contributed by atoms with Crippen LogP contribution in [0.4, 0.5) is 0 Å². The first-order chi connectivity index (χ1) is 1.73. The van der Waals surface area contributed by atoms with E-state index in [1.54, 1.807) is 0 Å². The van der Waals surface area contributed by atoms with Gasteiger partial charge in [0.25, 0.3) is 0 Å². The van der Waals surface area contributed by atoms with Gasteiger partial charge in [0.15, 0.2) is 0 Å². The van der Waals surface area contributed by atoms with Gasteiger partial charge >= 0.3 is 7.32 Å². The molecule has 0 aliphatic heterocycles. The average molecular weight is 212 g/mol. The second kappa shape index (κ2) is 5.28. The van der Waals surface area contributed by atoms with Crippen LogP contribution >= 0.6 is 0 Å². The smallest absolute Gasteiger partial charge is 0.402 e. The van der Waals surface area contributed by atoms with Crippen LogP contribution in [0.2, 0.25) is 0 Å². The Labute approximate surface area is 62.3 Å². The summed E-state index contributed by atoms with van der Waals surface area (Å²) in [6.45, 7) is 0. The van der Waals surface area contributed by atoms with E-state index in [-0.39, 0.29) is 40.4 Å². The third-order valence-electron chi connectivity index (χ3n) is 0. The molecule has 0 bridgehead atoms. The van der Waals surface area contributed by atoms with Crippen LogP contribution in [0, 0.1) is 40.4 Å². The molecule has 3 nitrogen and oxygen atoms in total. The maximum absolute atomic E-state index is 7.17. The SMILES string of the molecule is OB(O)O.[Sm]. The molecule has 5 heteroatoms. The van der Waals surface area contributed by atoms with Crippen molar-refractivity contribution in [2.24, 2.45) is 0 Å². The fraction of sp³-hybridized carbons (Fsp3) is 0. The molecule has 0 radical (unpaired) electrons. The summed E-state index contributed by atoms with van der Waals surface area (Å²) in [5, 5.41) is 21.5. The van der Waals surface area contributed by atoms with Gasteiger partial charge in [-0.1, -0.05) is 0 Å². The van der Waals surface area contributed by atoms with Crippen molar-refractivity contribution in [1.82, 2.24) is 0 Å². The molecule has 0 amide bonds. The van der Waals surface area contributed by atoms with Crippen molar-refractivity contribution in [2.75, 3.05) is 0 Å². The van der Waals surface area contributed by atoms with Crippen molar-refractivity contribution >= 4 is 7.32 Å². The third kappa shape index (κ3) is 34.6. The Morgan fingerprint density at radius 2 is 1.00 bits per heavy atom. The van der Waals surface area contributed by atoms with Crippen molar-refractivity contribution < 1.29 is 55.5 Å². The predicted molar refractivity (Wildman–Crippen MR) is 12.4 cm³/mol. The molecular formula is H3BO3Sm. The first-order valence-corrected chi connectivity index (χ1v) is 0.775. The first kappa shape index (κ1) is 9.56. The first-order valence-electron chi connectivity index (χ1n) is 0.775. The molecule has 0 atom stereocenters. The predicted octanol–water partition coefficient (Wildman–Crippen LogP) is -2.05. The standard InChI is InChI=1S/BH3O3.Sm/c2-1(3)4;/h2-4H;. The summed E-state index contributed by atoms with van der Waals surface area (Å²) >= 11 is 0. The zero-order valence-electron chi connectivity index (χ0n) is 2.33. The van der Waals surface area contributed by atoms with E-state index in [4.69, 9.17) is 15.1 Å². The molecule has 30 valence electrons. The van der Waals surface area contributed by atoms with E-state index in [0.717, 1.165) is 0 Å². The molecule has 0 aliphatic rings. The molecule has 0 aliphatic carbocycles. The van der Waals surface area contributed by atoms with E-state index >= 15 is 0 Å². The second-order valence-electron chi connectivity index (χ2n) is 0.346. The third-order valence-corrected chi connectivity index (χ3v) is 0. The minimum absolute atomic E-state index is 0. The second-order valence-corrected chi connectivity index (χ2v) is 0.346. The van der Waals surface area contributed by atoms with Crippen LogP contribution in [0.25, 0.3) is 0 Å². The van der Waals surface area contributed by atoms with E-state index in [1.165, 1.54) is 0 Å². The van der Waals surface area contributed by atoms with Crippen molar-refractivity contribution in [3.8, 4) is 0 Å². The van der Waals surface area contributed by atoms with E-state index in [1.807, 2.05) is 0 Å². The monoisotopic (exact) mass is 214 g/mol. The van der Waals surface area contributed by atoms with Crippen LogP contribution in [0.1, 0.15) is 0 Å². The Bertz CT molecular complexity index is 11.6. The van der Waals surface area contributed by atoms with Gasteiger partial charge in [0.2, 0.25) is 0 Å². The number of rotatable bonds is 0. The fourth-order valence-electron chi connectivity index (χ4n) is 0. The van der Waals surface area contributed by atoms with Crippen molar-refractivity contribution in [2.45, 2.75) is 0 Å². The van der Waals surface area contributed by atoms with Gasteiger partial charge in [0.05, 0.1) is 0 Å². The summed E-state index contributed by atoms with van der Waals surface area (Å²) in [5.74, 6) is 0. The quantitative estimate of drug-likeness (QED) is 0.405. The van der Waals surface area contributed by atoms with Gasteiger partial charge < -0.3 is 15.1 Å². The molecule has 0 unspecified atom stereocenters. The van der Waals surface area contributed by atoms with Crippen molar-refractivity contribution in [3.63, 3.8) is 0 Å². The average Bonchev–Trinajstić information content (AvgIpc) is 0.811. The minimum Gasteiger partial charge on any atom is -0.402 e. The molecule has 0 rings (SSSR count). The molecule has 5 heavy (non-hydrogen) atoms. The molecule has 0 aromatic heterocycles. The van der Waals surface area contributed by atoms with Gasteiger partial charge in [-0.3, -0.25) is 0 Å². The summed E-state index contributed by atoms with van der Waals surface area (Å²) in [6.07, 6.45) is 0. The van der Waals surface area contributed by atoms with Gasteiger partial charge in [0.1, 0.15) is 0 Å². The Hall–Kier alpha value is 1.28. The molecule has 0 aromatic rings. The van der Waals surface area contributed by atoms with Crippen LogP contribution in [0.15, 0.2) is 0 Å². The largest absolute Gasteiger partial charge is 0.631 e. The summed E-state index contributed by atoms with van der Waals surface area (Å²) < 4.78 is 0. The van der Waals surface area contributed by atoms with Gasteiger partial charge in [0, 0.05) is 40.4 Å². The number of hydrogen-bond acceptors (Lipinski definition) is 3. The zero-order chi connectivity index (χ0) is 3.58. The van der Waals surface area contributed by atoms with Crippen molar-refractivity contribution in [3.05, 3.63) is 0 Å². The zero-order valence-corrected chi connectivity index (χ0v) is 4.95. The fourth-order valence-corrected chi connectivity index (χ4v) is 0. The molecule has 0 fully saturated rings. The topological polar surface area (TPSA) is 60.7 Å². The maximum Gasteiger partial charge on any atom is 0.631 e. The van der Waals surface area contributed by atoms with Crippen LogP contribution in [-0.2, 0) is 0 Å². The molecule has 0 saturated heterocycles. The van der Waals surface area contributed by atoms with E-state index in [0.29, 0.717) is 0 Å². The van der Waals surface area contributed by atoms with Crippen LogP contribution in [-0.4, -0.2) is 22.4 Å². The Kier molecular flexibility index (Phi) is 10.1. The van der Waals surface area contributed by atoms with Gasteiger partial charge in [-0.2, -0.15) is 0 Å². The molecule has 0 spiro atoms. The van der Waals surface area contributed by atoms with E-state index < -0.39 is 7.32 Å². The number of hydrogen-bond donors (Lipinski definition) is 3. The summed E-state index contributed by atoms with van der Waals surface area (Å²) in [4.78, 5) is 0. The molecule has 0 heterocycles.